The van der Waals surface area contributed by atoms with Crippen LogP contribution in [-0.4, -0.2) is 33.0 Å². The van der Waals surface area contributed by atoms with E-state index in [0.29, 0.717) is 29.3 Å². The summed E-state index contributed by atoms with van der Waals surface area (Å²) in [6, 6.07) is 4.93. The van der Waals surface area contributed by atoms with Crippen LogP contribution in [0.15, 0.2) is 18.2 Å². The molecule has 0 bridgehead atoms. The van der Waals surface area contributed by atoms with E-state index in [1.807, 2.05) is 13.8 Å². The number of nitrogens with one attached hydrogen (secondary N) is 1. The molecule has 0 fully saturated rings. The highest BCUT2D eigenvalue weighted by Crippen LogP contribution is 2.26. The van der Waals surface area contributed by atoms with Crippen LogP contribution in [0.5, 0.6) is 5.75 Å². The molecule has 5 nitrogen and oxygen atoms in total. The van der Waals surface area contributed by atoms with E-state index in [2.05, 4.69) is 16.6 Å². The Balaban J connectivity index is 2.99. The normalized spacial score (nSPS) is 10.9. The largest absolute Gasteiger partial charge is 0.495 e. The number of anilines is 1. The topological polar surface area (TPSA) is 75.6 Å². The van der Waals surface area contributed by atoms with Crippen molar-refractivity contribution >= 4 is 15.7 Å². The van der Waals surface area contributed by atoms with E-state index in [0.717, 1.165) is 0 Å². The van der Waals surface area contributed by atoms with Crippen LogP contribution in [0.25, 0.3) is 0 Å². The number of aliphatic hydroxyl groups excluding tert-OH is 1. The Morgan fingerprint density at radius 1 is 1.38 bits per heavy atom. The summed E-state index contributed by atoms with van der Waals surface area (Å²) < 4.78 is 31.8. The summed E-state index contributed by atoms with van der Waals surface area (Å²) in [6.45, 7) is 3.70. The van der Waals surface area contributed by atoms with Gasteiger partial charge in [-0.15, -0.1) is 0 Å². The van der Waals surface area contributed by atoms with Crippen LogP contribution in [-0.2, 0) is 10.0 Å². The molecule has 0 radical (unpaired) electrons. The van der Waals surface area contributed by atoms with Crippen LogP contribution in [0.3, 0.4) is 0 Å². The van der Waals surface area contributed by atoms with E-state index in [9.17, 15) is 8.42 Å². The zero-order valence-corrected chi connectivity index (χ0v) is 13.3. The Hall–Kier alpha value is -1.71. The number of methoxy groups -OCH3 is 1. The van der Waals surface area contributed by atoms with Gasteiger partial charge in [-0.1, -0.05) is 25.7 Å². The second-order valence-corrected chi connectivity index (χ2v) is 6.82. The number of sulfonamides is 1. The molecule has 0 amide bonds. The van der Waals surface area contributed by atoms with Gasteiger partial charge >= 0.3 is 0 Å². The zero-order chi connectivity index (χ0) is 15.9. The fourth-order valence-corrected chi connectivity index (χ4v) is 2.99. The number of hydrogen-bond donors (Lipinski definition) is 2. The molecule has 1 aromatic rings. The van der Waals surface area contributed by atoms with Gasteiger partial charge in [-0.2, -0.15) is 0 Å². The highest BCUT2D eigenvalue weighted by Gasteiger charge is 2.14. The van der Waals surface area contributed by atoms with Crippen molar-refractivity contribution in [3.63, 3.8) is 0 Å². The minimum atomic E-state index is -3.43. The van der Waals surface area contributed by atoms with Crippen LogP contribution in [0.4, 0.5) is 5.69 Å². The van der Waals surface area contributed by atoms with Crippen molar-refractivity contribution in [1.29, 1.82) is 0 Å². The van der Waals surface area contributed by atoms with Crippen molar-refractivity contribution in [2.24, 2.45) is 5.92 Å². The third kappa shape index (κ3) is 6.06. The minimum Gasteiger partial charge on any atom is -0.495 e. The first-order chi connectivity index (χ1) is 9.88. The second kappa shape index (κ2) is 7.91. The smallest absolute Gasteiger partial charge is 0.232 e. The molecule has 0 unspecified atom stereocenters. The van der Waals surface area contributed by atoms with Gasteiger partial charge in [-0.3, -0.25) is 4.72 Å². The number of benzene rings is 1. The van der Waals surface area contributed by atoms with Crippen molar-refractivity contribution in [1.82, 2.24) is 0 Å². The molecule has 0 aliphatic rings. The van der Waals surface area contributed by atoms with Crippen molar-refractivity contribution in [2.45, 2.75) is 20.3 Å². The molecule has 0 aliphatic carbocycles. The third-order valence-electron chi connectivity index (χ3n) is 2.74. The number of hydrogen-bond acceptors (Lipinski definition) is 4. The maximum atomic E-state index is 12.1. The first kappa shape index (κ1) is 17.3. The second-order valence-electron chi connectivity index (χ2n) is 4.98. The Kier molecular flexibility index (Phi) is 6.53. The fraction of sp³-hybridized carbons (Fsp3) is 0.467. The van der Waals surface area contributed by atoms with Gasteiger partial charge in [-0.05, 0) is 30.5 Å². The third-order valence-corrected chi connectivity index (χ3v) is 4.04. The van der Waals surface area contributed by atoms with Gasteiger partial charge in [0.25, 0.3) is 0 Å². The first-order valence-electron chi connectivity index (χ1n) is 6.66. The van der Waals surface area contributed by atoms with Crippen LogP contribution in [0.1, 0.15) is 25.8 Å². The molecule has 2 N–H and O–H groups in total. The molecule has 0 atom stereocenters. The number of ether oxygens (including phenoxy) is 1. The molecule has 21 heavy (non-hydrogen) atoms. The molecule has 0 aliphatic heterocycles. The monoisotopic (exact) mass is 311 g/mol. The van der Waals surface area contributed by atoms with E-state index < -0.39 is 10.0 Å². The molecule has 6 heteroatoms. The molecule has 1 rings (SSSR count). The Morgan fingerprint density at radius 3 is 2.67 bits per heavy atom. The predicted molar refractivity (Wildman–Crippen MR) is 83.8 cm³/mol. The lowest BCUT2D eigenvalue weighted by atomic mass is 10.2. The summed E-state index contributed by atoms with van der Waals surface area (Å²) in [5.41, 5.74) is 0.956. The summed E-state index contributed by atoms with van der Waals surface area (Å²) in [6.07, 6.45) is 0.585. The quantitative estimate of drug-likeness (QED) is 0.786. The van der Waals surface area contributed by atoms with Gasteiger partial charge in [-0.25, -0.2) is 8.42 Å². The molecule has 0 heterocycles. The molecule has 1 aromatic carbocycles. The molecular weight excluding hydrogens is 290 g/mol. The minimum absolute atomic E-state index is 0.0559. The maximum Gasteiger partial charge on any atom is 0.232 e. The summed E-state index contributed by atoms with van der Waals surface area (Å²) in [7, 11) is -1.95. The predicted octanol–water partition coefficient (Wildman–Crippen LogP) is 1.83. The standard InChI is InChI=1S/C15H21NO4S/c1-12(2)8-10-21(18,19)16-14-11-13(5-4-9-17)6-7-15(14)20-3/h6-7,11-12,16-17H,8-10H2,1-3H3. The first-order valence-corrected chi connectivity index (χ1v) is 8.31. The summed E-state index contributed by atoms with van der Waals surface area (Å²) in [5, 5.41) is 8.70. The van der Waals surface area contributed by atoms with Crippen LogP contribution in [0, 0.1) is 17.8 Å². The van der Waals surface area contributed by atoms with Crippen LogP contribution in [0.2, 0.25) is 0 Å². The van der Waals surface area contributed by atoms with Gasteiger partial charge in [0.2, 0.25) is 10.0 Å². The summed E-state index contributed by atoms with van der Waals surface area (Å²) in [4.78, 5) is 0. The van der Waals surface area contributed by atoms with E-state index in [-0.39, 0.29) is 12.4 Å². The zero-order valence-electron chi connectivity index (χ0n) is 12.5. The lowest BCUT2D eigenvalue weighted by molar-refractivity contribution is 0.350. The fourth-order valence-electron chi connectivity index (χ4n) is 1.62. The Morgan fingerprint density at radius 2 is 2.10 bits per heavy atom. The van der Waals surface area contributed by atoms with Crippen LogP contribution < -0.4 is 9.46 Å². The van der Waals surface area contributed by atoms with E-state index >= 15 is 0 Å². The van der Waals surface area contributed by atoms with Gasteiger partial charge in [0.15, 0.2) is 0 Å². The average Bonchev–Trinajstić information content (AvgIpc) is 2.43. The van der Waals surface area contributed by atoms with Gasteiger partial charge in [0.1, 0.15) is 12.4 Å². The van der Waals surface area contributed by atoms with Crippen molar-refractivity contribution in [3.8, 4) is 17.6 Å². The summed E-state index contributed by atoms with van der Waals surface area (Å²) >= 11 is 0. The Labute approximate surface area is 126 Å². The molecule has 0 saturated carbocycles. The van der Waals surface area contributed by atoms with Crippen LogP contribution >= 0.6 is 0 Å². The Bertz CT molecular complexity index is 627. The molecular formula is C15H21NO4S. The highest BCUT2D eigenvalue weighted by molar-refractivity contribution is 7.92. The van der Waals surface area contributed by atoms with E-state index in [1.165, 1.54) is 7.11 Å². The van der Waals surface area contributed by atoms with E-state index in [1.54, 1.807) is 18.2 Å². The average molecular weight is 311 g/mol. The number of aliphatic hydroxyl groups is 1. The molecule has 0 saturated heterocycles. The molecule has 116 valence electrons. The lowest BCUT2D eigenvalue weighted by Gasteiger charge is -2.13. The molecule has 0 spiro atoms. The molecule has 0 aromatic heterocycles. The van der Waals surface area contributed by atoms with Crippen molar-refractivity contribution in [2.75, 3.05) is 24.2 Å². The van der Waals surface area contributed by atoms with Gasteiger partial charge < -0.3 is 9.84 Å². The van der Waals surface area contributed by atoms with Crippen molar-refractivity contribution in [3.05, 3.63) is 23.8 Å². The van der Waals surface area contributed by atoms with Gasteiger partial charge in [0.05, 0.1) is 18.6 Å². The lowest BCUT2D eigenvalue weighted by Crippen LogP contribution is -2.18. The SMILES string of the molecule is COc1ccc(C#CCO)cc1NS(=O)(=O)CCC(C)C. The van der Waals surface area contributed by atoms with Crippen molar-refractivity contribution < 1.29 is 18.3 Å². The summed E-state index contributed by atoms with van der Waals surface area (Å²) in [5.74, 6) is 6.05. The van der Waals surface area contributed by atoms with Gasteiger partial charge in [0, 0.05) is 5.56 Å². The van der Waals surface area contributed by atoms with E-state index in [4.69, 9.17) is 9.84 Å². The maximum absolute atomic E-state index is 12.1. The highest BCUT2D eigenvalue weighted by atomic mass is 32.2. The number of rotatable bonds is 6.